The molecule has 1 N–H and O–H groups in total. The molecule has 0 saturated carbocycles. The van der Waals surface area contributed by atoms with Crippen molar-refractivity contribution in [1.29, 1.82) is 0 Å². The number of nitrogens with one attached hydrogen (secondary N) is 1. The molecule has 4 heteroatoms. The van der Waals surface area contributed by atoms with E-state index < -0.39 is 5.97 Å². The van der Waals surface area contributed by atoms with Crippen molar-refractivity contribution in [1.82, 2.24) is 5.32 Å². The second kappa shape index (κ2) is 5.35. The number of ether oxygens (including phenoxy) is 1. The minimum Gasteiger partial charge on any atom is -0.466 e. The lowest BCUT2D eigenvalue weighted by molar-refractivity contribution is -0.136. The fourth-order valence-electron chi connectivity index (χ4n) is 0.642. The minimum absolute atomic E-state index is 0.277. The maximum atomic E-state index is 10.9. The molecule has 12 heavy (non-hydrogen) atoms. The lowest BCUT2D eigenvalue weighted by atomic mass is 10.3. The quantitative estimate of drug-likeness (QED) is 0.489. The number of rotatable bonds is 3. The van der Waals surface area contributed by atoms with Gasteiger partial charge in [0.25, 0.3) is 0 Å². The number of hydrogen-bond acceptors (Lipinski definition) is 3. The monoisotopic (exact) mass is 171 g/mol. The molecule has 0 unspecified atom stereocenters. The topological polar surface area (TPSA) is 55.4 Å². The van der Waals surface area contributed by atoms with E-state index in [1.807, 2.05) is 0 Å². The number of carbonyl (C=O) groups is 2. The highest BCUT2D eigenvalue weighted by Crippen LogP contribution is 1.94. The van der Waals surface area contributed by atoms with Gasteiger partial charge in [-0.2, -0.15) is 0 Å². The Morgan fingerprint density at radius 3 is 2.50 bits per heavy atom. The molecule has 0 aromatic carbocycles. The average Bonchev–Trinajstić information content (AvgIpc) is 2.03. The van der Waals surface area contributed by atoms with Gasteiger partial charge in [-0.25, -0.2) is 4.79 Å². The molecule has 0 aromatic heterocycles. The van der Waals surface area contributed by atoms with Gasteiger partial charge in [0.2, 0.25) is 5.91 Å². The Morgan fingerprint density at radius 1 is 1.50 bits per heavy atom. The summed E-state index contributed by atoms with van der Waals surface area (Å²) >= 11 is 0. The molecule has 0 aliphatic heterocycles. The van der Waals surface area contributed by atoms with Gasteiger partial charge in [-0.05, 0) is 13.8 Å². The number of methoxy groups -OCH3 is 1. The van der Waals surface area contributed by atoms with Gasteiger partial charge in [-0.15, -0.1) is 0 Å². The molecule has 0 aromatic rings. The van der Waals surface area contributed by atoms with Crippen molar-refractivity contribution >= 4 is 11.9 Å². The molecular formula is C8H13NO3. The van der Waals surface area contributed by atoms with Gasteiger partial charge in [0.15, 0.2) is 0 Å². The first-order valence-corrected chi connectivity index (χ1v) is 3.66. The van der Waals surface area contributed by atoms with E-state index in [1.54, 1.807) is 6.92 Å². The van der Waals surface area contributed by atoms with Crippen LogP contribution in [0.15, 0.2) is 11.6 Å². The van der Waals surface area contributed by atoms with Crippen LogP contribution in [0.4, 0.5) is 0 Å². The van der Waals surface area contributed by atoms with Crippen LogP contribution in [0.3, 0.4) is 0 Å². The molecule has 0 atom stereocenters. The van der Waals surface area contributed by atoms with Crippen LogP contribution in [-0.2, 0) is 14.3 Å². The van der Waals surface area contributed by atoms with Crippen LogP contribution < -0.4 is 5.32 Å². The first-order valence-electron chi connectivity index (χ1n) is 3.66. The summed E-state index contributed by atoms with van der Waals surface area (Å²) < 4.78 is 4.40. The maximum absolute atomic E-state index is 10.9. The zero-order chi connectivity index (χ0) is 9.56. The van der Waals surface area contributed by atoms with Crippen molar-refractivity contribution in [3.63, 3.8) is 0 Å². The van der Waals surface area contributed by atoms with E-state index in [-0.39, 0.29) is 5.91 Å². The Labute approximate surface area is 71.6 Å². The molecule has 0 saturated heterocycles. The smallest absolute Gasteiger partial charge is 0.333 e. The van der Waals surface area contributed by atoms with Crippen molar-refractivity contribution < 1.29 is 14.3 Å². The van der Waals surface area contributed by atoms with Crippen LogP contribution >= 0.6 is 0 Å². The summed E-state index contributed by atoms with van der Waals surface area (Å²) in [4.78, 5) is 21.7. The second-order valence-electron chi connectivity index (χ2n) is 2.21. The van der Waals surface area contributed by atoms with Crippen LogP contribution in [0.1, 0.15) is 13.8 Å². The first-order chi connectivity index (χ1) is 5.61. The molecule has 4 nitrogen and oxygen atoms in total. The Morgan fingerprint density at radius 2 is 2.08 bits per heavy atom. The Balaban J connectivity index is 4.15. The van der Waals surface area contributed by atoms with Gasteiger partial charge in [0.05, 0.1) is 7.11 Å². The normalized spacial score (nSPS) is 10.8. The Bertz CT molecular complexity index is 208. The molecule has 1 amide bonds. The third-order valence-electron chi connectivity index (χ3n) is 1.21. The van der Waals surface area contributed by atoms with Gasteiger partial charge in [-0.1, -0.05) is 0 Å². The summed E-state index contributed by atoms with van der Waals surface area (Å²) in [6.45, 7) is 3.88. The number of carbonyl (C=O) groups excluding carboxylic acids is 2. The predicted molar refractivity (Wildman–Crippen MR) is 44.5 cm³/mol. The van der Waals surface area contributed by atoms with E-state index in [0.717, 1.165) is 0 Å². The van der Waals surface area contributed by atoms with E-state index in [4.69, 9.17) is 0 Å². The average molecular weight is 171 g/mol. The zero-order valence-electron chi connectivity index (χ0n) is 7.51. The molecule has 0 bridgehead atoms. The highest BCUT2D eigenvalue weighted by atomic mass is 16.5. The maximum Gasteiger partial charge on any atom is 0.333 e. The van der Waals surface area contributed by atoms with E-state index in [9.17, 15) is 9.59 Å². The highest BCUT2D eigenvalue weighted by Gasteiger charge is 2.04. The summed E-state index contributed by atoms with van der Waals surface area (Å²) in [6.07, 6.45) is 1.22. The Hall–Kier alpha value is -1.32. The van der Waals surface area contributed by atoms with Crippen LogP contribution in [0.5, 0.6) is 0 Å². The SMILES string of the molecule is CCNC(=O)/C=C(\C)C(=O)OC. The fourth-order valence-corrected chi connectivity index (χ4v) is 0.642. The molecule has 0 rings (SSSR count). The van der Waals surface area contributed by atoms with Crippen molar-refractivity contribution in [2.45, 2.75) is 13.8 Å². The van der Waals surface area contributed by atoms with Gasteiger partial charge in [-0.3, -0.25) is 4.79 Å². The van der Waals surface area contributed by atoms with Crippen molar-refractivity contribution in [2.24, 2.45) is 0 Å². The summed E-state index contributed by atoms with van der Waals surface area (Å²) in [5, 5.41) is 2.53. The summed E-state index contributed by atoms with van der Waals surface area (Å²) in [6, 6.07) is 0. The van der Waals surface area contributed by atoms with Gasteiger partial charge in [0.1, 0.15) is 0 Å². The predicted octanol–water partition coefficient (Wildman–Crippen LogP) is 0.242. The summed E-state index contributed by atoms with van der Waals surface area (Å²) in [7, 11) is 1.28. The zero-order valence-corrected chi connectivity index (χ0v) is 7.51. The standard InChI is InChI=1S/C8H13NO3/c1-4-9-7(10)5-6(2)8(11)12-3/h5H,4H2,1-3H3,(H,9,10)/b6-5+. The fraction of sp³-hybridized carbons (Fsp3) is 0.500. The lowest BCUT2D eigenvalue weighted by Gasteiger charge is -1.98. The molecule has 0 aliphatic carbocycles. The molecule has 0 fully saturated rings. The van der Waals surface area contributed by atoms with Gasteiger partial charge >= 0.3 is 5.97 Å². The van der Waals surface area contributed by atoms with E-state index in [1.165, 1.54) is 20.1 Å². The number of likely N-dealkylation sites (N-methyl/N-ethyl adjacent to an activating group) is 1. The molecule has 0 heterocycles. The van der Waals surface area contributed by atoms with E-state index in [0.29, 0.717) is 12.1 Å². The van der Waals surface area contributed by atoms with Crippen LogP contribution in [0.2, 0.25) is 0 Å². The minimum atomic E-state index is -0.485. The number of hydrogen-bond donors (Lipinski definition) is 1. The third kappa shape index (κ3) is 3.75. The molecule has 0 aliphatic rings. The molecular weight excluding hydrogens is 158 g/mol. The van der Waals surface area contributed by atoms with Crippen LogP contribution in [0.25, 0.3) is 0 Å². The third-order valence-corrected chi connectivity index (χ3v) is 1.21. The van der Waals surface area contributed by atoms with Crippen molar-refractivity contribution in [2.75, 3.05) is 13.7 Å². The number of esters is 1. The van der Waals surface area contributed by atoms with Crippen molar-refractivity contribution in [3.05, 3.63) is 11.6 Å². The van der Waals surface area contributed by atoms with Crippen LogP contribution in [-0.4, -0.2) is 25.5 Å². The first kappa shape index (κ1) is 10.7. The molecule has 0 spiro atoms. The van der Waals surface area contributed by atoms with Crippen LogP contribution in [0, 0.1) is 0 Å². The van der Waals surface area contributed by atoms with Gasteiger partial charge in [0, 0.05) is 18.2 Å². The van der Waals surface area contributed by atoms with Crippen molar-refractivity contribution in [3.8, 4) is 0 Å². The van der Waals surface area contributed by atoms with Gasteiger partial charge < -0.3 is 10.1 Å². The summed E-state index contributed by atoms with van der Waals surface area (Å²) in [5.41, 5.74) is 0.295. The molecule has 68 valence electrons. The summed E-state index contributed by atoms with van der Waals surface area (Å²) in [5.74, 6) is -0.762. The second-order valence-corrected chi connectivity index (χ2v) is 2.21. The number of amides is 1. The van der Waals surface area contributed by atoms with E-state index in [2.05, 4.69) is 10.1 Å². The lowest BCUT2D eigenvalue weighted by Crippen LogP contribution is -2.21. The Kier molecular flexibility index (Phi) is 4.76. The molecule has 0 radical (unpaired) electrons. The largest absolute Gasteiger partial charge is 0.466 e. The van der Waals surface area contributed by atoms with E-state index >= 15 is 0 Å². The highest BCUT2D eigenvalue weighted by molar-refractivity contribution is 5.97.